The molecule has 0 aliphatic carbocycles. The molecule has 38 valence electrons. The van der Waals surface area contributed by atoms with Crippen LogP contribution in [0.1, 0.15) is 13.8 Å². The van der Waals surface area contributed by atoms with Crippen LogP contribution in [0.25, 0.3) is 0 Å². The van der Waals surface area contributed by atoms with E-state index >= 15 is 0 Å². The maximum Gasteiger partial charge on any atom is 0.298 e. The lowest BCUT2D eigenvalue weighted by molar-refractivity contribution is 0.501. The predicted molar refractivity (Wildman–Crippen MR) is 41.6 cm³/mol. The number of hydrogen-bond acceptors (Lipinski definition) is 1. The summed E-state index contributed by atoms with van der Waals surface area (Å²) in [6.07, 6.45) is 0. The minimum Gasteiger partial charge on any atom is -0.490 e. The van der Waals surface area contributed by atoms with Crippen LogP contribution in [0, 0.1) is 0 Å². The molecule has 7 heavy (non-hydrogen) atoms. The summed E-state index contributed by atoms with van der Waals surface area (Å²) in [7, 11) is 0. The summed E-state index contributed by atoms with van der Waals surface area (Å²) < 4.78 is 3.12. The van der Waals surface area contributed by atoms with Gasteiger partial charge >= 0.3 is 0 Å². The third-order valence-electron chi connectivity index (χ3n) is 1.34. The van der Waals surface area contributed by atoms with Crippen LogP contribution in [-0.4, -0.2) is 56.6 Å². The molecule has 0 saturated heterocycles. The first-order valence-electron chi connectivity index (χ1n) is 2.62. The molecule has 0 amide bonds. The summed E-state index contributed by atoms with van der Waals surface area (Å²) in [6.45, 7) is 4.64. The standard InChI is InChI=1S/C3H6N.3Al.6H/c1-3(2)4;;;;;;;;;/h1-2H3;;;;;;;;;. The van der Waals surface area contributed by atoms with Gasteiger partial charge < -0.3 is 2.87 Å². The van der Waals surface area contributed by atoms with Crippen LogP contribution in [0.15, 0.2) is 0 Å². The molecule has 0 aromatic heterocycles. The van der Waals surface area contributed by atoms with Crippen LogP contribution in [0.3, 0.4) is 0 Å². The van der Waals surface area contributed by atoms with Crippen molar-refractivity contribution in [2.24, 2.45) is 0 Å². The van der Waals surface area contributed by atoms with Gasteiger partial charge in [-0.15, -0.1) is 0 Å². The summed E-state index contributed by atoms with van der Waals surface area (Å²) >= 11 is 3.82. The number of nitrogens with zero attached hydrogens (tertiary/aromatic N) is 1. The molecule has 0 rings (SSSR count). The van der Waals surface area contributed by atoms with Crippen LogP contribution in [0.4, 0.5) is 0 Å². The second kappa shape index (κ2) is 2.92. The first-order valence-corrected chi connectivity index (χ1v) is 5.41. The topological polar surface area (TPSA) is 3.24 Å². The Morgan fingerprint density at radius 1 is 1.29 bits per heavy atom. The van der Waals surface area contributed by atoms with E-state index in [2.05, 4.69) is 16.7 Å². The fourth-order valence-electron chi connectivity index (χ4n) is 0. The van der Waals surface area contributed by atoms with E-state index < -0.39 is 0 Å². The molecule has 0 unspecified atom stereocenters. The molecule has 0 aromatic carbocycles. The fraction of sp³-hybridized carbons (Fsp3) is 1.00. The summed E-state index contributed by atoms with van der Waals surface area (Å²) in [6, 6.07) is 0. The van der Waals surface area contributed by atoms with Gasteiger partial charge in [0.05, 0.1) is 0 Å². The predicted octanol–water partition coefficient (Wildman–Crippen LogP) is -2.25. The Morgan fingerprint density at radius 2 is 1.43 bits per heavy atom. The molecule has 1 nitrogen and oxygen atoms in total. The maximum absolute atomic E-state index is 2.53. The minimum absolute atomic E-state index is 0.596. The molecular weight excluding hydrogens is 131 g/mol. The molecule has 0 atom stereocenters. The molecule has 0 aromatic rings. The SMILES string of the molecule is C[C](C)([AlH2])[N]([AlH2])[AlH2]. The maximum atomic E-state index is 2.53. The van der Waals surface area contributed by atoms with Gasteiger partial charge in [0.25, 0.3) is 33.0 Å². The van der Waals surface area contributed by atoms with Gasteiger partial charge in [0, 0.05) is 0 Å². The highest BCUT2D eigenvalue weighted by molar-refractivity contribution is 6.31. The quantitative estimate of drug-likeness (QED) is 0.375. The molecule has 0 radical (unpaired) electrons. The van der Waals surface area contributed by atoms with E-state index in [1.165, 1.54) is 49.3 Å². The third kappa shape index (κ3) is 4.09. The summed E-state index contributed by atoms with van der Waals surface area (Å²) in [5, 5.41) is 0. The molecule has 0 aliphatic heterocycles. The van der Waals surface area contributed by atoms with Crippen LogP contribution in [0.2, 0.25) is 0 Å². The zero-order valence-corrected chi connectivity index (χ0v) is 11.9. The van der Waals surface area contributed by atoms with Gasteiger partial charge in [-0.3, -0.25) is 0 Å². The molecule has 0 bridgehead atoms. The van der Waals surface area contributed by atoms with Crippen molar-refractivity contribution in [1.29, 1.82) is 0 Å². The second-order valence-corrected chi connectivity index (χ2v) is 9.98. The summed E-state index contributed by atoms with van der Waals surface area (Å²) in [5.74, 6) is 0. The van der Waals surface area contributed by atoms with Crippen LogP contribution < -0.4 is 0 Å². The van der Waals surface area contributed by atoms with E-state index in [9.17, 15) is 0 Å². The largest absolute Gasteiger partial charge is 0.490 e. The van der Waals surface area contributed by atoms with Crippen molar-refractivity contribution in [2.75, 3.05) is 0 Å². The average Bonchev–Trinajstić information content (AvgIpc) is 1.31. The minimum atomic E-state index is 0.596. The van der Waals surface area contributed by atoms with Gasteiger partial charge in [-0.2, -0.15) is 0 Å². The number of hydrogen-bond donors (Lipinski definition) is 0. The normalized spacial score (nSPS) is 12.4. The lowest BCUT2D eigenvalue weighted by atomic mass is 10.4. The van der Waals surface area contributed by atoms with E-state index in [0.29, 0.717) is 4.40 Å². The Bertz CT molecular complexity index is 55.7. The van der Waals surface area contributed by atoms with Gasteiger partial charge in [0.15, 0.2) is 0 Å². The van der Waals surface area contributed by atoms with Gasteiger partial charge in [-0.25, -0.2) is 0 Å². The molecule has 0 saturated carbocycles. The molecular formula is C3H12Al3N. The van der Waals surface area contributed by atoms with Crippen molar-refractivity contribution in [3.63, 3.8) is 0 Å². The smallest absolute Gasteiger partial charge is 0.298 e. The van der Waals surface area contributed by atoms with Crippen molar-refractivity contribution < 1.29 is 0 Å². The van der Waals surface area contributed by atoms with Crippen molar-refractivity contribution in [1.82, 2.24) is 2.87 Å². The first kappa shape index (κ1) is 8.56. The van der Waals surface area contributed by atoms with Gasteiger partial charge in [-0.05, 0) is 0 Å². The summed E-state index contributed by atoms with van der Waals surface area (Å²) in [4.78, 5) is 0. The Kier molecular flexibility index (Phi) is 3.56. The van der Waals surface area contributed by atoms with E-state index in [-0.39, 0.29) is 0 Å². The van der Waals surface area contributed by atoms with E-state index in [1.54, 1.807) is 0 Å². The Balaban J connectivity index is 3.54. The molecule has 0 heterocycles. The highest BCUT2D eigenvalue weighted by Gasteiger charge is 2.09. The zero-order chi connectivity index (χ0) is 6.08. The van der Waals surface area contributed by atoms with Crippen molar-refractivity contribution in [3.05, 3.63) is 0 Å². The molecule has 0 spiro atoms. The van der Waals surface area contributed by atoms with Crippen molar-refractivity contribution in [3.8, 4) is 0 Å². The van der Waals surface area contributed by atoms with Gasteiger partial charge in [0.2, 0.25) is 16.3 Å². The first-order chi connectivity index (χ1) is 2.94. The fourth-order valence-corrected chi connectivity index (χ4v) is 0. The zero-order valence-electron chi connectivity index (χ0n) is 5.95. The molecule has 0 N–H and O–H groups in total. The number of rotatable bonds is 1. The Morgan fingerprint density at radius 3 is 1.43 bits per heavy atom. The van der Waals surface area contributed by atoms with E-state index in [4.69, 9.17) is 0 Å². The third-order valence-corrected chi connectivity index (χ3v) is 6.71. The van der Waals surface area contributed by atoms with Crippen molar-refractivity contribution in [2.45, 2.75) is 18.2 Å². The summed E-state index contributed by atoms with van der Waals surface area (Å²) in [5.41, 5.74) is 0. The second-order valence-electron chi connectivity index (χ2n) is 3.07. The monoisotopic (exact) mass is 143 g/mol. The van der Waals surface area contributed by atoms with E-state index in [0.717, 1.165) is 0 Å². The van der Waals surface area contributed by atoms with Crippen LogP contribution in [0.5, 0.6) is 0 Å². The van der Waals surface area contributed by atoms with Crippen LogP contribution >= 0.6 is 0 Å². The Hall–Kier alpha value is 1.56. The Labute approximate surface area is 70.2 Å². The lowest BCUT2D eigenvalue weighted by Gasteiger charge is -2.31. The highest BCUT2D eigenvalue weighted by Crippen LogP contribution is 1.99. The van der Waals surface area contributed by atoms with Crippen LogP contribution in [-0.2, 0) is 0 Å². The van der Waals surface area contributed by atoms with Gasteiger partial charge in [-0.1, -0.05) is 18.2 Å². The van der Waals surface area contributed by atoms with E-state index in [1.807, 2.05) is 0 Å². The lowest BCUT2D eigenvalue weighted by Crippen LogP contribution is -2.40. The molecule has 4 heteroatoms. The van der Waals surface area contributed by atoms with Gasteiger partial charge in [0.1, 0.15) is 0 Å². The molecule has 0 fully saturated rings. The van der Waals surface area contributed by atoms with Crippen molar-refractivity contribution >= 4 is 49.3 Å². The highest BCUT2D eigenvalue weighted by atomic mass is 27.1. The molecule has 0 aliphatic rings. The average molecular weight is 143 g/mol.